The highest BCUT2D eigenvalue weighted by Crippen LogP contribution is 2.34. The number of pyridine rings is 1. The summed E-state index contributed by atoms with van der Waals surface area (Å²) in [5.74, 6) is -1.15. The molecule has 0 spiro atoms. The number of hydrogen-bond donors (Lipinski definition) is 2. The van der Waals surface area contributed by atoms with E-state index in [1.54, 1.807) is 51.1 Å². The third-order valence-electron chi connectivity index (χ3n) is 4.40. The number of nitrogens with zero attached hydrogens (tertiary/aromatic N) is 1. The van der Waals surface area contributed by atoms with Gasteiger partial charge in [-0.2, -0.15) is 0 Å². The minimum absolute atomic E-state index is 0.0998. The molecule has 2 aromatic carbocycles. The van der Waals surface area contributed by atoms with Gasteiger partial charge in [0.05, 0.1) is 21.3 Å². The number of carboxylic acid groups (broad SMARTS) is 1. The van der Waals surface area contributed by atoms with Crippen molar-refractivity contribution in [2.24, 2.45) is 0 Å². The molecule has 8 heteroatoms. The highest BCUT2D eigenvalue weighted by atomic mass is 35.5. The molecule has 1 aromatic heterocycles. The Labute approximate surface area is 190 Å². The van der Waals surface area contributed by atoms with Gasteiger partial charge in [0.2, 0.25) is 0 Å². The van der Waals surface area contributed by atoms with Gasteiger partial charge in [0.25, 0.3) is 0 Å². The summed E-state index contributed by atoms with van der Waals surface area (Å²) in [6, 6.07) is 13.2. The van der Waals surface area contributed by atoms with E-state index in [4.69, 9.17) is 27.9 Å². The van der Waals surface area contributed by atoms with Crippen LogP contribution in [0.5, 0.6) is 0 Å². The number of carbonyl (C=O) groups is 2. The predicted molar refractivity (Wildman–Crippen MR) is 122 cm³/mol. The number of rotatable bonds is 5. The second-order valence-electron chi connectivity index (χ2n) is 8.06. The van der Waals surface area contributed by atoms with Crippen LogP contribution in [0.3, 0.4) is 0 Å². The molecule has 0 saturated carbocycles. The average molecular weight is 461 g/mol. The first-order chi connectivity index (χ1) is 14.5. The predicted octanol–water partition coefficient (Wildman–Crippen LogP) is 5.73. The topological polar surface area (TPSA) is 88.5 Å². The van der Waals surface area contributed by atoms with Gasteiger partial charge in [0.1, 0.15) is 11.6 Å². The molecule has 2 N–H and O–H groups in total. The molecular weight excluding hydrogens is 439 g/mol. The maximum Gasteiger partial charge on any atom is 0.408 e. The number of fused-ring (bicyclic) bond motifs is 1. The molecule has 0 aliphatic heterocycles. The van der Waals surface area contributed by atoms with E-state index in [0.29, 0.717) is 26.8 Å². The molecule has 3 aromatic rings. The van der Waals surface area contributed by atoms with Crippen LogP contribution in [-0.2, 0) is 16.0 Å². The molecule has 3 rings (SSSR count). The lowest BCUT2D eigenvalue weighted by atomic mass is 10.0. The number of nitrogens with one attached hydrogen (secondary N) is 1. The van der Waals surface area contributed by atoms with Crippen molar-refractivity contribution in [2.45, 2.75) is 38.8 Å². The smallest absolute Gasteiger partial charge is 0.408 e. The zero-order valence-corrected chi connectivity index (χ0v) is 18.8. The number of aliphatic carboxylic acids is 1. The first-order valence-electron chi connectivity index (χ1n) is 9.60. The Hall–Kier alpha value is -2.83. The Kier molecular flexibility index (Phi) is 6.72. The molecule has 0 bridgehead atoms. The van der Waals surface area contributed by atoms with E-state index in [-0.39, 0.29) is 6.42 Å². The largest absolute Gasteiger partial charge is 0.480 e. The van der Waals surface area contributed by atoms with Gasteiger partial charge in [0, 0.05) is 17.4 Å². The van der Waals surface area contributed by atoms with Crippen LogP contribution in [0.25, 0.3) is 22.2 Å². The van der Waals surface area contributed by atoms with Gasteiger partial charge >= 0.3 is 12.1 Å². The zero-order valence-electron chi connectivity index (χ0n) is 17.3. The van der Waals surface area contributed by atoms with E-state index in [2.05, 4.69) is 10.3 Å². The summed E-state index contributed by atoms with van der Waals surface area (Å²) in [4.78, 5) is 28.2. The van der Waals surface area contributed by atoms with Gasteiger partial charge < -0.3 is 15.2 Å². The number of carboxylic acids is 1. The molecule has 0 saturated heterocycles. The molecule has 0 aliphatic rings. The van der Waals surface area contributed by atoms with Crippen molar-refractivity contribution in [1.82, 2.24) is 10.3 Å². The molecule has 0 unspecified atom stereocenters. The first-order valence-corrected chi connectivity index (χ1v) is 10.4. The second-order valence-corrected chi connectivity index (χ2v) is 8.88. The van der Waals surface area contributed by atoms with Crippen LogP contribution in [0.1, 0.15) is 26.3 Å². The van der Waals surface area contributed by atoms with E-state index >= 15 is 0 Å². The van der Waals surface area contributed by atoms with Crippen LogP contribution >= 0.6 is 23.2 Å². The summed E-state index contributed by atoms with van der Waals surface area (Å²) in [7, 11) is 0. The van der Waals surface area contributed by atoms with Gasteiger partial charge in [-0.1, -0.05) is 41.4 Å². The molecular formula is C23H22Cl2N2O4. The summed E-state index contributed by atoms with van der Waals surface area (Å²) >= 11 is 12.6. The van der Waals surface area contributed by atoms with Crippen molar-refractivity contribution in [3.63, 3.8) is 0 Å². The SMILES string of the molecule is CC(C)(C)OC(=O)N[C@@H](Cc1ccc2nc(-c3c(Cl)cccc3Cl)ccc2c1)C(=O)O. The van der Waals surface area contributed by atoms with Crippen LogP contribution in [0, 0.1) is 0 Å². The lowest BCUT2D eigenvalue weighted by Gasteiger charge is -2.22. The van der Waals surface area contributed by atoms with Gasteiger partial charge in [0.15, 0.2) is 0 Å². The van der Waals surface area contributed by atoms with E-state index < -0.39 is 23.7 Å². The summed E-state index contributed by atoms with van der Waals surface area (Å²) in [5.41, 5.74) is 2.03. The molecule has 1 amide bonds. The molecule has 31 heavy (non-hydrogen) atoms. The van der Waals surface area contributed by atoms with Crippen LogP contribution in [0.15, 0.2) is 48.5 Å². The zero-order chi connectivity index (χ0) is 22.8. The Balaban J connectivity index is 1.83. The highest BCUT2D eigenvalue weighted by molar-refractivity contribution is 6.39. The standard InChI is InChI=1S/C23H22Cl2N2O4/c1-23(2,3)31-22(30)27-19(21(28)29)12-13-7-9-17-14(11-13)8-10-18(26-17)20-15(24)5-4-6-16(20)25/h4-11,19H,12H2,1-3H3,(H,27,30)(H,28,29)/t19-/m0/s1. The van der Waals surface area contributed by atoms with E-state index in [1.807, 2.05) is 18.2 Å². The number of amides is 1. The van der Waals surface area contributed by atoms with Crippen molar-refractivity contribution in [1.29, 1.82) is 0 Å². The molecule has 1 heterocycles. The number of aromatic nitrogens is 1. The highest BCUT2D eigenvalue weighted by Gasteiger charge is 2.24. The first kappa shape index (κ1) is 22.8. The minimum atomic E-state index is -1.15. The Bertz CT molecular complexity index is 1120. The maximum absolute atomic E-state index is 12.0. The Morgan fingerprint density at radius 1 is 1.10 bits per heavy atom. The van der Waals surface area contributed by atoms with Gasteiger partial charge in [-0.05, 0) is 56.7 Å². The monoisotopic (exact) mass is 460 g/mol. The number of carbonyl (C=O) groups excluding carboxylic acids is 1. The Morgan fingerprint density at radius 2 is 1.77 bits per heavy atom. The third kappa shape index (κ3) is 5.87. The van der Waals surface area contributed by atoms with E-state index in [1.165, 1.54) is 0 Å². The van der Waals surface area contributed by atoms with Crippen LogP contribution < -0.4 is 5.32 Å². The summed E-state index contributed by atoms with van der Waals surface area (Å²) in [6.07, 6.45) is -0.675. The van der Waals surface area contributed by atoms with Crippen LogP contribution in [0.4, 0.5) is 4.79 Å². The van der Waals surface area contributed by atoms with Crippen molar-refractivity contribution in [3.05, 3.63) is 64.1 Å². The summed E-state index contributed by atoms with van der Waals surface area (Å²) in [6.45, 7) is 5.13. The molecule has 0 fully saturated rings. The van der Waals surface area contributed by atoms with E-state index in [0.717, 1.165) is 10.9 Å². The molecule has 0 aliphatic carbocycles. The fourth-order valence-electron chi connectivity index (χ4n) is 3.07. The normalized spacial score (nSPS) is 12.4. The quantitative estimate of drug-likeness (QED) is 0.507. The molecule has 162 valence electrons. The number of hydrogen-bond acceptors (Lipinski definition) is 4. The van der Waals surface area contributed by atoms with E-state index in [9.17, 15) is 14.7 Å². The summed E-state index contributed by atoms with van der Waals surface area (Å²) in [5, 5.41) is 13.7. The lowest BCUT2D eigenvalue weighted by Crippen LogP contribution is -2.44. The second kappa shape index (κ2) is 9.12. The number of alkyl carbamates (subject to hydrolysis) is 1. The van der Waals surface area contributed by atoms with Gasteiger partial charge in [-0.25, -0.2) is 14.6 Å². The fraction of sp³-hybridized carbons (Fsp3) is 0.261. The van der Waals surface area contributed by atoms with Crippen LogP contribution in [-0.4, -0.2) is 33.8 Å². The summed E-state index contributed by atoms with van der Waals surface area (Å²) < 4.78 is 5.16. The molecule has 6 nitrogen and oxygen atoms in total. The van der Waals surface area contributed by atoms with Crippen molar-refractivity contribution < 1.29 is 19.4 Å². The number of benzene rings is 2. The lowest BCUT2D eigenvalue weighted by molar-refractivity contribution is -0.139. The molecule has 1 atom stereocenters. The van der Waals surface area contributed by atoms with Gasteiger partial charge in [-0.15, -0.1) is 0 Å². The Morgan fingerprint density at radius 3 is 2.39 bits per heavy atom. The fourth-order valence-corrected chi connectivity index (χ4v) is 3.66. The average Bonchev–Trinajstić information content (AvgIpc) is 2.65. The van der Waals surface area contributed by atoms with Crippen molar-refractivity contribution in [2.75, 3.05) is 0 Å². The molecule has 0 radical (unpaired) electrons. The number of halogens is 2. The number of ether oxygens (including phenoxy) is 1. The maximum atomic E-state index is 12.0. The van der Waals surface area contributed by atoms with Crippen molar-refractivity contribution >= 4 is 46.2 Å². The van der Waals surface area contributed by atoms with Gasteiger partial charge in [-0.3, -0.25) is 0 Å². The third-order valence-corrected chi connectivity index (χ3v) is 5.03. The van der Waals surface area contributed by atoms with Crippen LogP contribution in [0.2, 0.25) is 10.0 Å². The van der Waals surface area contributed by atoms with Crippen molar-refractivity contribution in [3.8, 4) is 11.3 Å². The minimum Gasteiger partial charge on any atom is -0.480 e.